The number of esters is 1. The van der Waals surface area contributed by atoms with Gasteiger partial charge in [0.25, 0.3) is 0 Å². The largest absolute Gasteiger partial charge is 0.422 e. The van der Waals surface area contributed by atoms with Crippen LogP contribution in [0.3, 0.4) is 0 Å². The molecule has 0 saturated heterocycles. The van der Waals surface area contributed by atoms with Gasteiger partial charge in [0.2, 0.25) is 0 Å². The molecule has 0 fully saturated rings. The molecule has 0 bridgehead atoms. The molecule has 0 aliphatic heterocycles. The molecule has 0 radical (unpaired) electrons. The Morgan fingerprint density at radius 3 is 2.40 bits per heavy atom. The van der Waals surface area contributed by atoms with Crippen molar-refractivity contribution in [1.29, 1.82) is 0 Å². The van der Waals surface area contributed by atoms with E-state index in [2.05, 4.69) is 54.4 Å². The van der Waals surface area contributed by atoms with Crippen LogP contribution in [0.1, 0.15) is 6.92 Å². The van der Waals surface area contributed by atoms with Crippen LogP contribution < -0.4 is 4.74 Å². The third kappa shape index (κ3) is 3.16. The first-order valence-corrected chi connectivity index (χ1v) is 6.32. The predicted octanol–water partition coefficient (Wildman–Crippen LogP) is 4.46. The van der Waals surface area contributed by atoms with E-state index < -0.39 is 5.97 Å². The van der Waals surface area contributed by atoms with E-state index in [1.54, 1.807) is 19.1 Å². The zero-order valence-corrected chi connectivity index (χ0v) is 12.6. The number of hydrogen-bond acceptors (Lipinski definition) is 2. The second-order valence-corrected chi connectivity index (χ2v) is 5.28. The standard InChI is InChI=1S/C10H7Br3O2/c1-5(2)10(14)15-7-4-3-6(11)8(12)9(7)13/h3-4H,1H2,2H3. The first-order chi connectivity index (χ1) is 6.93. The van der Waals surface area contributed by atoms with Crippen LogP contribution in [0.4, 0.5) is 0 Å². The highest BCUT2D eigenvalue weighted by atomic mass is 79.9. The van der Waals surface area contributed by atoms with Gasteiger partial charge < -0.3 is 4.74 Å². The van der Waals surface area contributed by atoms with Crippen LogP contribution in [0.5, 0.6) is 5.75 Å². The lowest BCUT2D eigenvalue weighted by Gasteiger charge is -2.08. The molecule has 0 unspecified atom stereocenters. The zero-order valence-electron chi connectivity index (χ0n) is 7.81. The summed E-state index contributed by atoms with van der Waals surface area (Å²) in [6.07, 6.45) is 0. The maximum atomic E-state index is 11.3. The molecule has 0 aliphatic rings. The molecular weight excluding hydrogens is 392 g/mol. The lowest BCUT2D eigenvalue weighted by atomic mass is 10.3. The Hall–Kier alpha value is -0.130. The fourth-order valence-corrected chi connectivity index (χ4v) is 2.12. The fraction of sp³-hybridized carbons (Fsp3) is 0.100. The van der Waals surface area contributed by atoms with Crippen molar-refractivity contribution in [1.82, 2.24) is 0 Å². The molecule has 0 aliphatic carbocycles. The lowest BCUT2D eigenvalue weighted by molar-refractivity contribution is -0.130. The maximum Gasteiger partial charge on any atom is 0.338 e. The van der Waals surface area contributed by atoms with Gasteiger partial charge in [-0.05, 0) is 66.8 Å². The number of rotatable bonds is 2. The topological polar surface area (TPSA) is 26.3 Å². The molecule has 5 heteroatoms. The minimum absolute atomic E-state index is 0.362. The third-order valence-electron chi connectivity index (χ3n) is 1.55. The van der Waals surface area contributed by atoms with Gasteiger partial charge in [-0.15, -0.1) is 0 Å². The minimum atomic E-state index is -0.440. The summed E-state index contributed by atoms with van der Waals surface area (Å²) in [5, 5.41) is 0. The Balaban J connectivity index is 3.02. The summed E-state index contributed by atoms with van der Waals surface area (Å²) in [5.74, 6) is 0.0167. The minimum Gasteiger partial charge on any atom is -0.422 e. The highest BCUT2D eigenvalue weighted by Crippen LogP contribution is 2.37. The van der Waals surface area contributed by atoms with E-state index in [9.17, 15) is 4.79 Å². The summed E-state index contributed by atoms with van der Waals surface area (Å²) in [6, 6.07) is 3.48. The molecule has 15 heavy (non-hydrogen) atoms. The molecular formula is C10H7Br3O2. The van der Waals surface area contributed by atoms with Crippen molar-refractivity contribution in [2.45, 2.75) is 6.92 Å². The monoisotopic (exact) mass is 396 g/mol. The van der Waals surface area contributed by atoms with Crippen molar-refractivity contribution < 1.29 is 9.53 Å². The van der Waals surface area contributed by atoms with Crippen LogP contribution >= 0.6 is 47.8 Å². The van der Waals surface area contributed by atoms with E-state index >= 15 is 0 Å². The molecule has 1 aromatic carbocycles. The Kier molecular flexibility index (Phi) is 4.55. The number of ether oxygens (including phenoxy) is 1. The van der Waals surface area contributed by atoms with Gasteiger partial charge in [-0.3, -0.25) is 0 Å². The summed E-state index contributed by atoms with van der Waals surface area (Å²) in [4.78, 5) is 11.3. The lowest BCUT2D eigenvalue weighted by Crippen LogP contribution is -2.08. The van der Waals surface area contributed by atoms with Gasteiger partial charge in [0, 0.05) is 14.5 Å². The molecule has 0 aromatic heterocycles. The number of carbonyl (C=O) groups is 1. The van der Waals surface area contributed by atoms with Crippen molar-refractivity contribution in [2.24, 2.45) is 0 Å². The Morgan fingerprint density at radius 1 is 1.27 bits per heavy atom. The number of halogens is 3. The van der Waals surface area contributed by atoms with E-state index in [1.165, 1.54) is 0 Å². The molecule has 80 valence electrons. The van der Waals surface area contributed by atoms with E-state index in [0.29, 0.717) is 15.8 Å². The van der Waals surface area contributed by atoms with Crippen LogP contribution in [0.2, 0.25) is 0 Å². The van der Waals surface area contributed by atoms with Crippen molar-refractivity contribution in [3.05, 3.63) is 37.7 Å². The molecule has 1 aromatic rings. The van der Waals surface area contributed by atoms with E-state index in [0.717, 1.165) is 8.95 Å². The Morgan fingerprint density at radius 2 is 1.87 bits per heavy atom. The SMILES string of the molecule is C=C(C)C(=O)Oc1ccc(Br)c(Br)c1Br. The van der Waals surface area contributed by atoms with Gasteiger partial charge in [0.05, 0.1) is 4.47 Å². The van der Waals surface area contributed by atoms with Crippen molar-refractivity contribution >= 4 is 53.8 Å². The first kappa shape index (κ1) is 12.9. The highest BCUT2D eigenvalue weighted by Gasteiger charge is 2.12. The van der Waals surface area contributed by atoms with Gasteiger partial charge in [0.15, 0.2) is 0 Å². The fourth-order valence-electron chi connectivity index (χ4n) is 0.774. The molecule has 0 atom stereocenters. The number of carbonyl (C=O) groups excluding carboxylic acids is 1. The molecule has 2 nitrogen and oxygen atoms in total. The Labute approximate surface area is 113 Å². The van der Waals surface area contributed by atoms with Crippen LogP contribution in [0.25, 0.3) is 0 Å². The van der Waals surface area contributed by atoms with Gasteiger partial charge in [-0.25, -0.2) is 4.79 Å². The summed E-state index contributed by atoms with van der Waals surface area (Å²) in [7, 11) is 0. The molecule has 1 rings (SSSR count). The van der Waals surface area contributed by atoms with E-state index in [4.69, 9.17) is 4.74 Å². The quantitative estimate of drug-likeness (QED) is 0.318. The molecule has 0 heterocycles. The molecule has 0 N–H and O–H groups in total. The summed E-state index contributed by atoms with van der Waals surface area (Å²) in [6.45, 7) is 5.11. The van der Waals surface area contributed by atoms with Crippen molar-refractivity contribution in [3.63, 3.8) is 0 Å². The smallest absolute Gasteiger partial charge is 0.338 e. The second kappa shape index (κ2) is 5.27. The van der Waals surface area contributed by atoms with Gasteiger partial charge >= 0.3 is 5.97 Å². The summed E-state index contributed by atoms with van der Waals surface area (Å²) >= 11 is 10.0. The van der Waals surface area contributed by atoms with Gasteiger partial charge in [0.1, 0.15) is 5.75 Å². The molecule has 0 amide bonds. The van der Waals surface area contributed by atoms with Crippen LogP contribution in [0, 0.1) is 0 Å². The van der Waals surface area contributed by atoms with Crippen LogP contribution in [0.15, 0.2) is 37.7 Å². The molecule has 0 saturated carbocycles. The van der Waals surface area contributed by atoms with Crippen LogP contribution in [-0.2, 0) is 4.79 Å². The average molecular weight is 399 g/mol. The number of benzene rings is 1. The van der Waals surface area contributed by atoms with Crippen molar-refractivity contribution in [2.75, 3.05) is 0 Å². The Bertz CT molecular complexity index is 427. The normalized spacial score (nSPS) is 9.87. The number of hydrogen-bond donors (Lipinski definition) is 0. The summed E-state index contributed by atoms with van der Waals surface area (Å²) in [5.41, 5.74) is 0.362. The van der Waals surface area contributed by atoms with Crippen molar-refractivity contribution in [3.8, 4) is 5.75 Å². The van der Waals surface area contributed by atoms with E-state index in [1.807, 2.05) is 0 Å². The summed E-state index contributed by atoms with van der Waals surface area (Å²) < 4.78 is 7.47. The van der Waals surface area contributed by atoms with E-state index in [-0.39, 0.29) is 0 Å². The van der Waals surface area contributed by atoms with Gasteiger partial charge in [-0.2, -0.15) is 0 Å². The van der Waals surface area contributed by atoms with Gasteiger partial charge in [-0.1, -0.05) is 6.58 Å². The first-order valence-electron chi connectivity index (χ1n) is 3.94. The zero-order chi connectivity index (χ0) is 11.6. The predicted molar refractivity (Wildman–Crippen MR) is 70.0 cm³/mol. The third-order valence-corrected chi connectivity index (χ3v) is 4.89. The average Bonchev–Trinajstić information content (AvgIpc) is 2.18. The second-order valence-electron chi connectivity index (χ2n) is 2.84. The molecule has 0 spiro atoms. The van der Waals surface area contributed by atoms with Crippen LogP contribution in [-0.4, -0.2) is 5.97 Å². The highest BCUT2D eigenvalue weighted by molar-refractivity contribution is 9.14. The maximum absolute atomic E-state index is 11.3.